The Morgan fingerprint density at radius 2 is 2.12 bits per heavy atom. The van der Waals surface area contributed by atoms with Crippen molar-refractivity contribution in [3.63, 3.8) is 0 Å². The van der Waals surface area contributed by atoms with Gasteiger partial charge in [-0.15, -0.1) is 6.58 Å². The second kappa shape index (κ2) is 6.83. The van der Waals surface area contributed by atoms with Crippen molar-refractivity contribution in [2.75, 3.05) is 0 Å². The molecule has 0 spiro atoms. The lowest BCUT2D eigenvalue weighted by Crippen LogP contribution is -2.17. The van der Waals surface area contributed by atoms with E-state index in [1.165, 1.54) is 0 Å². The number of ether oxygens (including phenoxy) is 1. The first-order chi connectivity index (χ1) is 7.77. The van der Waals surface area contributed by atoms with Crippen molar-refractivity contribution < 1.29 is 9.53 Å². The quantitative estimate of drug-likeness (QED) is 0.538. The van der Waals surface area contributed by atoms with E-state index in [9.17, 15) is 4.79 Å². The summed E-state index contributed by atoms with van der Waals surface area (Å²) in [7, 11) is 0. The minimum atomic E-state index is -0.249. The molecule has 86 valence electrons. The summed E-state index contributed by atoms with van der Waals surface area (Å²) < 4.78 is 5.41. The van der Waals surface area contributed by atoms with Gasteiger partial charge in [-0.05, 0) is 18.6 Å². The van der Waals surface area contributed by atoms with Crippen LogP contribution in [0, 0.1) is 0 Å². The first-order valence-electron chi connectivity index (χ1n) is 5.64. The predicted molar refractivity (Wildman–Crippen MR) is 65.4 cm³/mol. The highest BCUT2D eigenvalue weighted by molar-refractivity contribution is 5.89. The molecule has 1 atom stereocenters. The fourth-order valence-corrected chi connectivity index (χ4v) is 1.53. The fourth-order valence-electron chi connectivity index (χ4n) is 1.53. The summed E-state index contributed by atoms with van der Waals surface area (Å²) in [6.45, 7) is 5.75. The molecule has 2 heteroatoms. The molecule has 0 aliphatic carbocycles. The van der Waals surface area contributed by atoms with Gasteiger partial charge in [0.15, 0.2) is 0 Å². The fraction of sp³-hybridized carbons (Fsp3) is 0.357. The van der Waals surface area contributed by atoms with E-state index in [0.717, 1.165) is 12.8 Å². The van der Waals surface area contributed by atoms with Crippen LogP contribution in [0.2, 0.25) is 0 Å². The highest BCUT2D eigenvalue weighted by Gasteiger charge is 2.13. The molecule has 2 nitrogen and oxygen atoms in total. The maximum absolute atomic E-state index is 11.7. The molecule has 16 heavy (non-hydrogen) atoms. The van der Waals surface area contributed by atoms with Gasteiger partial charge in [0.25, 0.3) is 0 Å². The minimum absolute atomic E-state index is 0.0461. The van der Waals surface area contributed by atoms with Crippen LogP contribution in [0.15, 0.2) is 43.0 Å². The summed E-state index contributed by atoms with van der Waals surface area (Å²) in [6.07, 6.45) is 4.34. The van der Waals surface area contributed by atoms with Gasteiger partial charge in [0.1, 0.15) is 6.10 Å². The van der Waals surface area contributed by atoms with Gasteiger partial charge < -0.3 is 4.74 Å². The molecular formula is C14H18O2. The van der Waals surface area contributed by atoms with Crippen LogP contribution in [-0.4, -0.2) is 12.1 Å². The monoisotopic (exact) mass is 218 g/mol. The second-order valence-electron chi connectivity index (χ2n) is 3.71. The number of carbonyl (C=O) groups excluding carboxylic acids is 1. The zero-order valence-corrected chi connectivity index (χ0v) is 9.69. The van der Waals surface area contributed by atoms with E-state index in [-0.39, 0.29) is 12.1 Å². The summed E-state index contributed by atoms with van der Waals surface area (Å²) in [6, 6.07) is 9.07. The second-order valence-corrected chi connectivity index (χ2v) is 3.71. The Labute approximate surface area is 96.9 Å². The van der Waals surface area contributed by atoms with Gasteiger partial charge in [-0.3, -0.25) is 0 Å². The average molecular weight is 218 g/mol. The molecule has 0 heterocycles. The van der Waals surface area contributed by atoms with Gasteiger partial charge in [-0.2, -0.15) is 0 Å². The number of carbonyl (C=O) groups is 1. The summed E-state index contributed by atoms with van der Waals surface area (Å²) in [5.41, 5.74) is 0.604. The van der Waals surface area contributed by atoms with Crippen molar-refractivity contribution in [2.24, 2.45) is 0 Å². The lowest BCUT2D eigenvalue weighted by molar-refractivity contribution is 0.0288. The highest BCUT2D eigenvalue weighted by atomic mass is 16.5. The smallest absolute Gasteiger partial charge is 0.338 e. The van der Waals surface area contributed by atoms with E-state index >= 15 is 0 Å². The van der Waals surface area contributed by atoms with E-state index in [1.54, 1.807) is 18.2 Å². The number of rotatable bonds is 6. The number of hydrogen-bond donors (Lipinski definition) is 0. The van der Waals surface area contributed by atoms with Gasteiger partial charge in [-0.25, -0.2) is 4.79 Å². The van der Waals surface area contributed by atoms with Crippen molar-refractivity contribution in [3.8, 4) is 0 Å². The van der Waals surface area contributed by atoms with E-state index in [0.29, 0.717) is 12.0 Å². The van der Waals surface area contributed by atoms with E-state index in [2.05, 4.69) is 13.5 Å². The standard InChI is InChI=1S/C14H18O2/c1-3-8-13(9-4-2)16-14(15)12-10-6-5-7-11-12/h3,5-7,10-11,13H,1,4,8-9H2,2H3. The van der Waals surface area contributed by atoms with Crippen molar-refractivity contribution in [3.05, 3.63) is 48.6 Å². The third kappa shape index (κ3) is 3.89. The van der Waals surface area contributed by atoms with Gasteiger partial charge in [0.2, 0.25) is 0 Å². The molecule has 1 rings (SSSR count). The SMILES string of the molecule is C=CCC(CCC)OC(=O)c1ccccc1. The molecular weight excluding hydrogens is 200 g/mol. The molecule has 0 aliphatic heterocycles. The largest absolute Gasteiger partial charge is 0.458 e. The summed E-state index contributed by atoms with van der Waals surface area (Å²) in [4.78, 5) is 11.7. The Morgan fingerprint density at radius 3 is 2.69 bits per heavy atom. The van der Waals surface area contributed by atoms with Crippen LogP contribution in [0.5, 0.6) is 0 Å². The molecule has 1 aromatic rings. The molecule has 1 unspecified atom stereocenters. The summed E-state index contributed by atoms with van der Waals surface area (Å²) in [5.74, 6) is -0.249. The maximum atomic E-state index is 11.7. The first kappa shape index (κ1) is 12.5. The molecule has 0 aromatic heterocycles. The van der Waals surface area contributed by atoms with E-state index in [1.807, 2.05) is 18.2 Å². The zero-order valence-electron chi connectivity index (χ0n) is 9.69. The Balaban J connectivity index is 2.57. The minimum Gasteiger partial charge on any atom is -0.458 e. The Bertz CT molecular complexity index is 330. The molecule has 0 saturated heterocycles. The van der Waals surface area contributed by atoms with Crippen molar-refractivity contribution in [1.82, 2.24) is 0 Å². The van der Waals surface area contributed by atoms with Crippen LogP contribution < -0.4 is 0 Å². The van der Waals surface area contributed by atoms with Gasteiger partial charge >= 0.3 is 5.97 Å². The first-order valence-corrected chi connectivity index (χ1v) is 5.64. The van der Waals surface area contributed by atoms with Crippen molar-refractivity contribution >= 4 is 5.97 Å². The average Bonchev–Trinajstić information content (AvgIpc) is 2.31. The number of benzene rings is 1. The summed E-state index contributed by atoms with van der Waals surface area (Å²) in [5, 5.41) is 0. The van der Waals surface area contributed by atoms with Crippen LogP contribution >= 0.6 is 0 Å². The molecule has 0 aliphatic rings. The Hall–Kier alpha value is -1.57. The molecule has 1 aromatic carbocycles. The number of esters is 1. The normalized spacial score (nSPS) is 11.8. The van der Waals surface area contributed by atoms with Crippen LogP contribution in [0.1, 0.15) is 36.5 Å². The van der Waals surface area contributed by atoms with Crippen LogP contribution in [0.25, 0.3) is 0 Å². The topological polar surface area (TPSA) is 26.3 Å². The highest BCUT2D eigenvalue weighted by Crippen LogP contribution is 2.11. The molecule has 0 amide bonds. The third-order valence-electron chi connectivity index (χ3n) is 2.32. The third-order valence-corrected chi connectivity index (χ3v) is 2.32. The lowest BCUT2D eigenvalue weighted by atomic mass is 10.1. The predicted octanol–water partition coefficient (Wildman–Crippen LogP) is 3.59. The van der Waals surface area contributed by atoms with Crippen molar-refractivity contribution in [2.45, 2.75) is 32.3 Å². The zero-order chi connectivity index (χ0) is 11.8. The Morgan fingerprint density at radius 1 is 1.44 bits per heavy atom. The number of hydrogen-bond acceptors (Lipinski definition) is 2. The van der Waals surface area contributed by atoms with Crippen LogP contribution in [0.4, 0.5) is 0 Å². The van der Waals surface area contributed by atoms with Gasteiger partial charge in [0, 0.05) is 6.42 Å². The molecule has 0 fully saturated rings. The van der Waals surface area contributed by atoms with Crippen molar-refractivity contribution in [1.29, 1.82) is 0 Å². The van der Waals surface area contributed by atoms with Gasteiger partial charge in [-0.1, -0.05) is 37.6 Å². The molecule has 0 bridgehead atoms. The maximum Gasteiger partial charge on any atom is 0.338 e. The van der Waals surface area contributed by atoms with Gasteiger partial charge in [0.05, 0.1) is 5.56 Å². The van der Waals surface area contributed by atoms with E-state index < -0.39 is 0 Å². The van der Waals surface area contributed by atoms with E-state index in [4.69, 9.17) is 4.74 Å². The lowest BCUT2D eigenvalue weighted by Gasteiger charge is -2.15. The summed E-state index contributed by atoms with van der Waals surface area (Å²) >= 11 is 0. The molecule has 0 radical (unpaired) electrons. The Kier molecular flexibility index (Phi) is 5.34. The van der Waals surface area contributed by atoms with Crippen LogP contribution in [-0.2, 0) is 4.74 Å². The van der Waals surface area contributed by atoms with Crippen LogP contribution in [0.3, 0.4) is 0 Å². The molecule has 0 saturated carbocycles. The molecule has 0 N–H and O–H groups in total.